The maximum Gasteiger partial charge on any atom is 0.273 e. The van der Waals surface area contributed by atoms with Gasteiger partial charge in [-0.2, -0.15) is 4.39 Å². The summed E-state index contributed by atoms with van der Waals surface area (Å²) in [6.07, 6.45) is 17.8. The van der Waals surface area contributed by atoms with Gasteiger partial charge in [-0.25, -0.2) is 0 Å². The van der Waals surface area contributed by atoms with Gasteiger partial charge in [0.15, 0.2) is 5.78 Å². The summed E-state index contributed by atoms with van der Waals surface area (Å²) >= 11 is 0. The molecule has 0 aliphatic heterocycles. The average molecular weight is 326 g/mol. The fourth-order valence-corrected chi connectivity index (χ4v) is 3.97. The van der Waals surface area contributed by atoms with Crippen LogP contribution in [0.1, 0.15) is 96.8 Å². The number of carbonyl (C=O) groups excluding carboxylic acids is 1. The first-order valence-electron chi connectivity index (χ1n) is 9.72. The number of halogens is 1. The van der Waals surface area contributed by atoms with Crippen LogP contribution in [0.4, 0.5) is 4.39 Å². The lowest BCUT2D eigenvalue weighted by Crippen LogP contribution is -2.08. The maximum atomic E-state index is 12.2. The van der Waals surface area contributed by atoms with Crippen LogP contribution in [0.5, 0.6) is 0 Å². The molecule has 2 nitrogen and oxygen atoms in total. The van der Waals surface area contributed by atoms with Crippen molar-refractivity contribution >= 4 is 5.78 Å². The van der Waals surface area contributed by atoms with Gasteiger partial charge in [0.1, 0.15) is 0 Å². The summed E-state index contributed by atoms with van der Waals surface area (Å²) in [5, 5.41) is 8.41. The molecule has 0 aromatic heterocycles. The fourth-order valence-electron chi connectivity index (χ4n) is 3.97. The Hall–Kier alpha value is -0.860. The van der Waals surface area contributed by atoms with Crippen molar-refractivity contribution in [2.75, 3.05) is 0 Å². The summed E-state index contributed by atoms with van der Waals surface area (Å²) in [5.41, 5.74) is 0. The monoisotopic (exact) mass is 326 g/mol. The van der Waals surface area contributed by atoms with Gasteiger partial charge in [-0.05, 0) is 18.3 Å². The number of hydrogen-bond acceptors (Lipinski definition) is 2. The number of unbranched alkanes of at least 4 members (excludes halogenated alkanes) is 6. The number of hydrogen-bond donors (Lipinski definition) is 1. The van der Waals surface area contributed by atoms with Crippen LogP contribution < -0.4 is 0 Å². The molecule has 0 radical (unpaired) electrons. The third kappa shape index (κ3) is 9.78. The van der Waals surface area contributed by atoms with Crippen LogP contribution in [0.2, 0.25) is 0 Å². The van der Waals surface area contributed by atoms with Gasteiger partial charge in [0.25, 0.3) is 6.01 Å². The van der Waals surface area contributed by atoms with Crippen LogP contribution in [-0.2, 0) is 4.79 Å². The standard InChI is InChI=1S/C20H35FO2/c1-2-3-4-5-6-7-11-17-13-10-14-18(17)12-8-9-15-19(22)16-20(21)23/h16-18,23H,2-15H2,1H3/t17-,18-/m0/s1. The third-order valence-corrected chi connectivity index (χ3v) is 5.27. The first-order chi connectivity index (χ1) is 11.1. The summed E-state index contributed by atoms with van der Waals surface area (Å²) in [6.45, 7) is 2.26. The van der Waals surface area contributed by atoms with E-state index >= 15 is 0 Å². The second-order valence-electron chi connectivity index (χ2n) is 7.19. The Bertz CT molecular complexity index is 348. The Morgan fingerprint density at radius 2 is 1.57 bits per heavy atom. The molecule has 1 saturated carbocycles. The van der Waals surface area contributed by atoms with E-state index in [-0.39, 0.29) is 5.78 Å². The van der Waals surface area contributed by atoms with Crippen molar-refractivity contribution in [1.82, 2.24) is 0 Å². The van der Waals surface area contributed by atoms with Gasteiger partial charge < -0.3 is 5.11 Å². The molecule has 0 heterocycles. The second-order valence-corrected chi connectivity index (χ2v) is 7.19. The molecule has 134 valence electrons. The number of carbonyl (C=O) groups is 1. The number of aliphatic hydroxyl groups is 1. The molecule has 1 aliphatic carbocycles. The zero-order valence-electron chi connectivity index (χ0n) is 14.9. The van der Waals surface area contributed by atoms with Crippen molar-refractivity contribution in [3.05, 3.63) is 12.1 Å². The predicted molar refractivity (Wildman–Crippen MR) is 94.1 cm³/mol. The van der Waals surface area contributed by atoms with E-state index in [9.17, 15) is 9.18 Å². The molecule has 1 fully saturated rings. The lowest BCUT2D eigenvalue weighted by Gasteiger charge is -2.19. The van der Waals surface area contributed by atoms with Crippen molar-refractivity contribution in [2.24, 2.45) is 11.8 Å². The van der Waals surface area contributed by atoms with Crippen LogP contribution in [0.25, 0.3) is 0 Å². The lowest BCUT2D eigenvalue weighted by molar-refractivity contribution is -0.115. The highest BCUT2D eigenvalue weighted by Gasteiger charge is 2.25. The van der Waals surface area contributed by atoms with E-state index < -0.39 is 6.01 Å². The Balaban J connectivity index is 2.08. The molecule has 0 aromatic carbocycles. The van der Waals surface area contributed by atoms with Crippen molar-refractivity contribution in [2.45, 2.75) is 96.8 Å². The molecular weight excluding hydrogens is 291 g/mol. The Morgan fingerprint density at radius 3 is 2.17 bits per heavy atom. The lowest BCUT2D eigenvalue weighted by atomic mass is 9.86. The van der Waals surface area contributed by atoms with Gasteiger partial charge >= 0.3 is 0 Å². The maximum absolute atomic E-state index is 12.2. The summed E-state index contributed by atoms with van der Waals surface area (Å²) in [7, 11) is 0. The third-order valence-electron chi connectivity index (χ3n) is 5.27. The molecule has 0 amide bonds. The number of rotatable bonds is 13. The summed E-state index contributed by atoms with van der Waals surface area (Å²) < 4.78 is 12.2. The van der Waals surface area contributed by atoms with E-state index in [4.69, 9.17) is 5.11 Å². The number of allylic oxidation sites excluding steroid dienone is 1. The van der Waals surface area contributed by atoms with Crippen molar-refractivity contribution < 1.29 is 14.3 Å². The van der Waals surface area contributed by atoms with E-state index in [0.29, 0.717) is 12.5 Å². The summed E-state index contributed by atoms with van der Waals surface area (Å²) in [6, 6.07) is -1.37. The van der Waals surface area contributed by atoms with Crippen LogP contribution >= 0.6 is 0 Å². The van der Waals surface area contributed by atoms with Gasteiger partial charge in [0, 0.05) is 6.42 Å². The van der Waals surface area contributed by atoms with E-state index in [1.54, 1.807) is 0 Å². The van der Waals surface area contributed by atoms with Gasteiger partial charge in [-0.3, -0.25) is 4.79 Å². The van der Waals surface area contributed by atoms with Crippen molar-refractivity contribution in [3.8, 4) is 0 Å². The van der Waals surface area contributed by atoms with E-state index in [1.165, 1.54) is 70.6 Å². The molecule has 23 heavy (non-hydrogen) atoms. The molecular formula is C20H35FO2. The van der Waals surface area contributed by atoms with Crippen LogP contribution in [-0.4, -0.2) is 10.9 Å². The van der Waals surface area contributed by atoms with Gasteiger partial charge in [-0.1, -0.05) is 84.0 Å². The Morgan fingerprint density at radius 1 is 1.00 bits per heavy atom. The van der Waals surface area contributed by atoms with E-state index in [1.807, 2.05) is 0 Å². The van der Waals surface area contributed by atoms with Gasteiger partial charge in [0.05, 0.1) is 6.08 Å². The first-order valence-corrected chi connectivity index (χ1v) is 9.72. The highest BCUT2D eigenvalue weighted by atomic mass is 19.1. The summed E-state index contributed by atoms with van der Waals surface area (Å²) in [4.78, 5) is 11.3. The average Bonchev–Trinajstić information content (AvgIpc) is 2.94. The molecule has 2 atom stereocenters. The normalized spacial score (nSPS) is 21.7. The SMILES string of the molecule is CCCCCCCC[C@H]1CCC[C@@H]1CCCCC(=O)C=C(O)F. The zero-order chi connectivity index (χ0) is 16.9. The van der Waals surface area contributed by atoms with Gasteiger partial charge in [-0.15, -0.1) is 0 Å². The molecule has 0 bridgehead atoms. The quantitative estimate of drug-likeness (QED) is 0.234. The highest BCUT2D eigenvalue weighted by molar-refractivity contribution is 5.89. The predicted octanol–water partition coefficient (Wildman–Crippen LogP) is 6.65. The Labute approximate surface area is 141 Å². The fraction of sp³-hybridized carbons (Fsp3) is 0.850. The smallest absolute Gasteiger partial charge is 0.273 e. The van der Waals surface area contributed by atoms with Crippen LogP contribution in [0.3, 0.4) is 0 Å². The number of ketones is 1. The zero-order valence-corrected chi connectivity index (χ0v) is 14.9. The summed E-state index contributed by atoms with van der Waals surface area (Å²) in [5.74, 6) is 1.43. The van der Waals surface area contributed by atoms with E-state index in [2.05, 4.69) is 6.92 Å². The molecule has 1 rings (SSSR count). The number of aliphatic hydroxyl groups excluding tert-OH is 1. The molecule has 1 aliphatic rings. The Kier molecular flexibility index (Phi) is 11.0. The topological polar surface area (TPSA) is 37.3 Å². The van der Waals surface area contributed by atoms with Crippen LogP contribution in [0.15, 0.2) is 12.1 Å². The molecule has 0 saturated heterocycles. The minimum atomic E-state index is -1.37. The molecule has 0 unspecified atom stereocenters. The minimum absolute atomic E-state index is 0.306. The van der Waals surface area contributed by atoms with Gasteiger partial charge in [0.2, 0.25) is 0 Å². The molecule has 0 aromatic rings. The van der Waals surface area contributed by atoms with Crippen molar-refractivity contribution in [3.63, 3.8) is 0 Å². The molecule has 1 N–H and O–H groups in total. The largest absolute Gasteiger partial charge is 0.486 e. The highest BCUT2D eigenvalue weighted by Crippen LogP contribution is 2.38. The minimum Gasteiger partial charge on any atom is -0.486 e. The molecule has 3 heteroatoms. The molecule has 0 spiro atoms. The van der Waals surface area contributed by atoms with Crippen molar-refractivity contribution in [1.29, 1.82) is 0 Å². The van der Waals surface area contributed by atoms with Crippen LogP contribution in [0, 0.1) is 11.8 Å². The first kappa shape index (κ1) is 20.2. The second kappa shape index (κ2) is 12.5. The van der Waals surface area contributed by atoms with E-state index in [0.717, 1.165) is 24.7 Å².